The number of aromatic nitrogens is 1. The third kappa shape index (κ3) is 7.11. The van der Waals surface area contributed by atoms with E-state index in [1.807, 2.05) is 30.5 Å². The van der Waals surface area contributed by atoms with Crippen molar-refractivity contribution in [1.82, 2.24) is 20.5 Å². The lowest BCUT2D eigenvalue weighted by atomic mass is 10.1. The highest BCUT2D eigenvalue weighted by Gasteiger charge is 2.08. The van der Waals surface area contributed by atoms with Crippen molar-refractivity contribution in [3.05, 3.63) is 65.6 Å². The molecule has 0 radical (unpaired) electrons. The van der Waals surface area contributed by atoms with Crippen molar-refractivity contribution in [3.8, 4) is 5.75 Å². The molecule has 0 spiro atoms. The van der Waals surface area contributed by atoms with E-state index in [0.717, 1.165) is 34.2 Å². The van der Waals surface area contributed by atoms with Gasteiger partial charge in [-0.3, -0.25) is 4.79 Å². The summed E-state index contributed by atoms with van der Waals surface area (Å²) in [5.41, 5.74) is 2.89. The summed E-state index contributed by atoms with van der Waals surface area (Å²) in [5, 5.41) is 7.36. The molecule has 7 nitrogen and oxygen atoms in total. The Balaban J connectivity index is 0.00000363. The number of nitrogens with one attached hydrogen (secondary N) is 3. The number of hydrogen-bond acceptors (Lipinski definition) is 3. The summed E-state index contributed by atoms with van der Waals surface area (Å²) in [5.74, 6) is 1.04. The zero-order chi connectivity index (χ0) is 22.2. The van der Waals surface area contributed by atoms with Crippen molar-refractivity contribution in [2.45, 2.75) is 13.0 Å². The number of hydrogen-bond donors (Lipinski definition) is 3. The number of amides is 1. The number of likely N-dealkylation sites (N-methyl/N-ethyl adjacent to an activating group) is 1. The van der Waals surface area contributed by atoms with Crippen LogP contribution in [0.4, 0.5) is 4.39 Å². The Hall–Kier alpha value is -2.82. The van der Waals surface area contributed by atoms with Crippen molar-refractivity contribution in [2.75, 3.05) is 34.3 Å². The Morgan fingerprint density at radius 3 is 2.59 bits per heavy atom. The van der Waals surface area contributed by atoms with Gasteiger partial charge in [0.05, 0.1) is 20.2 Å². The number of rotatable bonds is 8. The molecule has 1 heterocycles. The van der Waals surface area contributed by atoms with Gasteiger partial charge in [0.1, 0.15) is 11.6 Å². The van der Waals surface area contributed by atoms with Crippen LogP contribution in [-0.2, 0) is 17.8 Å². The van der Waals surface area contributed by atoms with Gasteiger partial charge >= 0.3 is 0 Å². The highest BCUT2D eigenvalue weighted by Crippen LogP contribution is 2.19. The topological polar surface area (TPSA) is 81.7 Å². The number of nitrogens with zero attached hydrogens (tertiary/aromatic N) is 2. The van der Waals surface area contributed by atoms with Crippen LogP contribution in [-0.4, -0.2) is 56.0 Å². The molecule has 0 atom stereocenters. The van der Waals surface area contributed by atoms with E-state index in [9.17, 15) is 9.18 Å². The van der Waals surface area contributed by atoms with E-state index in [-0.39, 0.29) is 42.2 Å². The zero-order valence-electron chi connectivity index (χ0n) is 18.4. The number of carbonyl (C=O) groups excluding carboxylic acids is 1. The second kappa shape index (κ2) is 12.3. The number of halogens is 2. The number of guanidine groups is 1. The van der Waals surface area contributed by atoms with Gasteiger partial charge in [0.25, 0.3) is 0 Å². The van der Waals surface area contributed by atoms with Gasteiger partial charge in [-0.15, -0.1) is 24.0 Å². The van der Waals surface area contributed by atoms with Crippen molar-refractivity contribution >= 4 is 46.7 Å². The lowest BCUT2D eigenvalue weighted by Gasteiger charge is -2.15. The lowest BCUT2D eigenvalue weighted by molar-refractivity contribution is -0.127. The maximum atomic E-state index is 13.4. The Morgan fingerprint density at radius 2 is 1.91 bits per heavy atom. The van der Waals surface area contributed by atoms with Gasteiger partial charge in [-0.2, -0.15) is 0 Å². The minimum Gasteiger partial charge on any atom is -0.497 e. The second-order valence-corrected chi connectivity index (χ2v) is 7.34. The summed E-state index contributed by atoms with van der Waals surface area (Å²) >= 11 is 0. The van der Waals surface area contributed by atoms with Gasteiger partial charge in [0, 0.05) is 37.7 Å². The predicted octanol–water partition coefficient (Wildman–Crippen LogP) is 3.30. The molecule has 32 heavy (non-hydrogen) atoms. The Labute approximate surface area is 204 Å². The molecule has 0 aliphatic carbocycles. The van der Waals surface area contributed by atoms with Crippen LogP contribution < -0.4 is 15.4 Å². The van der Waals surface area contributed by atoms with Crippen LogP contribution in [0.3, 0.4) is 0 Å². The lowest BCUT2D eigenvalue weighted by Crippen LogP contribution is -2.43. The van der Waals surface area contributed by atoms with Crippen LogP contribution in [0.2, 0.25) is 0 Å². The zero-order valence-corrected chi connectivity index (χ0v) is 20.8. The molecule has 3 aromatic rings. The summed E-state index contributed by atoms with van der Waals surface area (Å²) in [7, 11) is 5.06. The van der Waals surface area contributed by atoms with Crippen molar-refractivity contribution in [1.29, 1.82) is 0 Å². The first-order valence-electron chi connectivity index (χ1n) is 10.1. The molecule has 3 N–H and O–H groups in total. The van der Waals surface area contributed by atoms with E-state index in [0.29, 0.717) is 19.0 Å². The van der Waals surface area contributed by atoms with Gasteiger partial charge < -0.3 is 25.3 Å². The molecule has 0 unspecified atom stereocenters. The Kier molecular flexibility index (Phi) is 9.76. The first-order chi connectivity index (χ1) is 15.0. The fourth-order valence-corrected chi connectivity index (χ4v) is 3.07. The molecule has 0 saturated heterocycles. The molecule has 1 amide bonds. The van der Waals surface area contributed by atoms with Crippen molar-refractivity contribution in [3.63, 3.8) is 0 Å². The highest BCUT2D eigenvalue weighted by atomic mass is 127. The summed E-state index contributed by atoms with van der Waals surface area (Å²) in [6, 6.07) is 12.4. The van der Waals surface area contributed by atoms with E-state index in [4.69, 9.17) is 4.74 Å². The number of aromatic amines is 1. The maximum Gasteiger partial charge on any atom is 0.241 e. The number of methoxy groups -OCH3 is 1. The van der Waals surface area contributed by atoms with E-state index in [2.05, 4.69) is 20.6 Å². The molecule has 0 aliphatic rings. The van der Waals surface area contributed by atoms with Crippen LogP contribution >= 0.6 is 24.0 Å². The number of H-pyrrole nitrogens is 1. The van der Waals surface area contributed by atoms with Crippen molar-refractivity contribution < 1.29 is 13.9 Å². The summed E-state index contributed by atoms with van der Waals surface area (Å²) in [6.45, 7) is 1.21. The molecular formula is C23H29FIN5O2. The molecule has 172 valence electrons. The first kappa shape index (κ1) is 25.4. The van der Waals surface area contributed by atoms with E-state index in [1.54, 1.807) is 27.3 Å². The molecule has 0 bridgehead atoms. The minimum atomic E-state index is -0.262. The monoisotopic (exact) mass is 553 g/mol. The summed E-state index contributed by atoms with van der Waals surface area (Å²) in [6.07, 6.45) is 2.61. The van der Waals surface area contributed by atoms with Crippen LogP contribution in [0.25, 0.3) is 10.9 Å². The second-order valence-electron chi connectivity index (χ2n) is 7.34. The molecule has 0 fully saturated rings. The van der Waals surface area contributed by atoms with Gasteiger partial charge in [0.2, 0.25) is 5.91 Å². The third-order valence-corrected chi connectivity index (χ3v) is 4.90. The van der Waals surface area contributed by atoms with Crippen LogP contribution in [0, 0.1) is 5.82 Å². The predicted molar refractivity (Wildman–Crippen MR) is 136 cm³/mol. The largest absolute Gasteiger partial charge is 0.497 e. The quantitative estimate of drug-likeness (QED) is 0.227. The first-order valence-corrected chi connectivity index (χ1v) is 10.1. The number of benzene rings is 2. The normalized spacial score (nSPS) is 11.1. The van der Waals surface area contributed by atoms with E-state index < -0.39 is 0 Å². The number of ether oxygens (including phenoxy) is 1. The van der Waals surface area contributed by atoms with Gasteiger partial charge in [0.15, 0.2) is 5.96 Å². The molecule has 0 aliphatic heterocycles. The number of carbonyl (C=O) groups is 1. The SMILES string of the molecule is COc1ccc(CN=C(NCCc2c[nH]c3cc(F)ccc23)NCC(=O)N(C)C)cc1.I. The van der Waals surface area contributed by atoms with Gasteiger partial charge in [-0.1, -0.05) is 12.1 Å². The highest BCUT2D eigenvalue weighted by molar-refractivity contribution is 14.0. The number of aliphatic imine (C=N–C) groups is 1. The Morgan fingerprint density at radius 1 is 1.16 bits per heavy atom. The molecule has 9 heteroatoms. The molecule has 3 rings (SSSR count). The third-order valence-electron chi connectivity index (χ3n) is 4.90. The average molecular weight is 553 g/mol. The van der Waals surface area contributed by atoms with E-state index >= 15 is 0 Å². The smallest absolute Gasteiger partial charge is 0.241 e. The minimum absolute atomic E-state index is 0. The molecule has 0 saturated carbocycles. The molecule has 1 aromatic heterocycles. The maximum absolute atomic E-state index is 13.4. The van der Waals surface area contributed by atoms with Crippen LogP contribution in [0.15, 0.2) is 53.7 Å². The van der Waals surface area contributed by atoms with Gasteiger partial charge in [-0.25, -0.2) is 9.38 Å². The summed E-state index contributed by atoms with van der Waals surface area (Å²) in [4.78, 5) is 21.2. The van der Waals surface area contributed by atoms with Crippen molar-refractivity contribution in [2.24, 2.45) is 4.99 Å². The fourth-order valence-electron chi connectivity index (χ4n) is 3.07. The summed E-state index contributed by atoms with van der Waals surface area (Å²) < 4.78 is 18.6. The van der Waals surface area contributed by atoms with Gasteiger partial charge in [-0.05, 0) is 47.9 Å². The Bertz CT molecular complexity index is 1050. The van der Waals surface area contributed by atoms with Crippen LogP contribution in [0.1, 0.15) is 11.1 Å². The van der Waals surface area contributed by atoms with Crippen LogP contribution in [0.5, 0.6) is 5.75 Å². The average Bonchev–Trinajstić information content (AvgIpc) is 3.17. The number of fused-ring (bicyclic) bond motifs is 1. The standard InChI is InChI=1S/C23H28FN5O2.HI/c1-29(2)22(30)15-28-23(27-13-16-4-7-19(31-3)8-5-16)25-11-10-17-14-26-21-12-18(24)6-9-20(17)21;/h4-9,12,14,26H,10-11,13,15H2,1-3H3,(H2,25,27,28);1H. The fraction of sp³-hybridized carbons (Fsp3) is 0.304. The van der Waals surface area contributed by atoms with E-state index in [1.165, 1.54) is 17.0 Å². The molecular weight excluding hydrogens is 524 g/mol. The molecule has 2 aromatic carbocycles.